The molecule has 32 heavy (non-hydrogen) atoms. The summed E-state index contributed by atoms with van der Waals surface area (Å²) in [5.74, 6) is 0.343. The summed E-state index contributed by atoms with van der Waals surface area (Å²) < 4.78 is 6.66. The first-order valence-corrected chi connectivity index (χ1v) is 10.0. The number of benzene rings is 3. The Morgan fingerprint density at radius 3 is 2.19 bits per heavy atom. The summed E-state index contributed by atoms with van der Waals surface area (Å²) in [5.41, 5.74) is 5.61. The van der Waals surface area contributed by atoms with Crippen LogP contribution in [0.3, 0.4) is 0 Å². The lowest BCUT2D eigenvalue weighted by Gasteiger charge is -2.04. The number of amides is 1. The molecule has 1 amide bonds. The first kappa shape index (κ1) is 20.9. The Balaban J connectivity index is 1.76. The fourth-order valence-electron chi connectivity index (χ4n) is 3.34. The summed E-state index contributed by atoms with van der Waals surface area (Å²) in [7, 11) is 1.59. The van der Waals surface area contributed by atoms with Gasteiger partial charge >= 0.3 is 0 Å². The van der Waals surface area contributed by atoms with Crippen LogP contribution in [0.4, 0.5) is 0 Å². The maximum absolute atomic E-state index is 13.4. The number of carbonyl (C=O) groups is 1. The molecule has 4 rings (SSSR count). The Bertz CT molecular complexity index is 1310. The van der Waals surface area contributed by atoms with Gasteiger partial charge in [0.15, 0.2) is 0 Å². The van der Waals surface area contributed by atoms with Gasteiger partial charge in [0.2, 0.25) is 0 Å². The maximum Gasteiger partial charge on any atom is 0.281 e. The van der Waals surface area contributed by atoms with Gasteiger partial charge in [0.05, 0.1) is 29.8 Å². The average Bonchev–Trinajstić information content (AvgIpc) is 3.20. The first-order chi connectivity index (χ1) is 15.6. The molecule has 0 bridgehead atoms. The molecule has 0 aliphatic rings. The minimum Gasteiger partial charge on any atom is -0.497 e. The molecule has 0 radical (unpaired) electrons. The minimum atomic E-state index is -0.350. The quantitative estimate of drug-likeness (QED) is 0.361. The van der Waals surface area contributed by atoms with Gasteiger partial charge < -0.3 is 4.74 Å². The molecule has 0 aliphatic heterocycles. The Morgan fingerprint density at radius 2 is 1.56 bits per heavy atom. The molecule has 0 saturated carbocycles. The molecule has 2 N–H and O–H groups in total. The van der Waals surface area contributed by atoms with Gasteiger partial charge in [-0.2, -0.15) is 5.10 Å². The summed E-state index contributed by atoms with van der Waals surface area (Å²) in [4.78, 5) is 25.8. The van der Waals surface area contributed by atoms with Crippen LogP contribution in [-0.4, -0.2) is 28.5 Å². The fourth-order valence-corrected chi connectivity index (χ4v) is 3.34. The predicted molar refractivity (Wildman–Crippen MR) is 124 cm³/mol. The molecule has 160 valence electrons. The van der Waals surface area contributed by atoms with E-state index in [2.05, 4.69) is 15.6 Å². The molecular weight excluding hydrogens is 404 g/mol. The number of carbonyl (C=O) groups excluding carboxylic acids is 1. The highest BCUT2D eigenvalue weighted by atomic mass is 16.5. The standard InChI is InChI=1S/C25H22N4O3/c1-17(26-27-24(30)19-11-7-4-8-12-19)22-23(18-9-5-3-6-10-18)28-29(25(22)31)20-13-15-21(32-2)16-14-20/h3-16,28H,1-2H3,(H,27,30)/b26-17+. The normalized spacial score (nSPS) is 11.2. The van der Waals surface area contributed by atoms with Crippen molar-refractivity contribution in [2.75, 3.05) is 7.11 Å². The van der Waals surface area contributed by atoms with Crippen molar-refractivity contribution >= 4 is 11.6 Å². The van der Waals surface area contributed by atoms with Crippen LogP contribution in [0, 0.1) is 0 Å². The predicted octanol–water partition coefficient (Wildman–Crippen LogP) is 4.00. The Labute approximate surface area is 185 Å². The van der Waals surface area contributed by atoms with E-state index in [1.165, 1.54) is 4.68 Å². The Kier molecular flexibility index (Phi) is 5.98. The molecule has 0 unspecified atom stereocenters. The lowest BCUT2D eigenvalue weighted by atomic mass is 10.1. The third-order valence-corrected chi connectivity index (χ3v) is 5.01. The topological polar surface area (TPSA) is 88.5 Å². The largest absolute Gasteiger partial charge is 0.497 e. The zero-order valence-electron chi connectivity index (χ0n) is 17.7. The highest BCUT2D eigenvalue weighted by Gasteiger charge is 2.19. The van der Waals surface area contributed by atoms with Crippen molar-refractivity contribution in [2.45, 2.75) is 6.92 Å². The smallest absolute Gasteiger partial charge is 0.281 e. The molecule has 0 aliphatic carbocycles. The van der Waals surface area contributed by atoms with Crippen molar-refractivity contribution in [1.82, 2.24) is 15.2 Å². The highest BCUT2D eigenvalue weighted by Crippen LogP contribution is 2.22. The van der Waals surface area contributed by atoms with Crippen LogP contribution in [0.1, 0.15) is 22.8 Å². The van der Waals surface area contributed by atoms with Crippen LogP contribution < -0.4 is 15.7 Å². The first-order valence-electron chi connectivity index (χ1n) is 10.0. The van der Waals surface area contributed by atoms with Crippen LogP contribution >= 0.6 is 0 Å². The van der Waals surface area contributed by atoms with Crippen LogP contribution in [0.5, 0.6) is 5.75 Å². The number of hydrogen-bond donors (Lipinski definition) is 2. The van der Waals surface area contributed by atoms with Crippen molar-refractivity contribution in [1.29, 1.82) is 0 Å². The van der Waals surface area contributed by atoms with Crippen LogP contribution in [-0.2, 0) is 0 Å². The average molecular weight is 426 g/mol. The third kappa shape index (κ3) is 4.22. The molecule has 3 aromatic carbocycles. The Hall–Kier alpha value is -4.39. The van der Waals surface area contributed by atoms with Crippen LogP contribution in [0.25, 0.3) is 16.9 Å². The van der Waals surface area contributed by atoms with Gasteiger partial charge in [0, 0.05) is 11.1 Å². The van der Waals surface area contributed by atoms with E-state index in [1.807, 2.05) is 36.4 Å². The van der Waals surface area contributed by atoms with E-state index in [9.17, 15) is 9.59 Å². The maximum atomic E-state index is 13.4. The molecule has 0 fully saturated rings. The number of nitrogens with zero attached hydrogens (tertiary/aromatic N) is 2. The number of hydrogen-bond acceptors (Lipinski definition) is 4. The van der Waals surface area contributed by atoms with E-state index >= 15 is 0 Å². The van der Waals surface area contributed by atoms with E-state index in [4.69, 9.17) is 4.74 Å². The number of hydrazone groups is 1. The molecule has 0 atom stereocenters. The monoisotopic (exact) mass is 426 g/mol. The van der Waals surface area contributed by atoms with Crippen molar-refractivity contribution in [3.8, 4) is 22.7 Å². The zero-order valence-corrected chi connectivity index (χ0v) is 17.7. The molecule has 4 aromatic rings. The van der Waals surface area contributed by atoms with Gasteiger partial charge in [-0.05, 0) is 43.3 Å². The fraction of sp³-hybridized carbons (Fsp3) is 0.0800. The van der Waals surface area contributed by atoms with E-state index < -0.39 is 0 Å². The Morgan fingerprint density at radius 1 is 0.938 bits per heavy atom. The number of H-pyrrole nitrogens is 1. The summed E-state index contributed by atoms with van der Waals surface area (Å²) in [5, 5.41) is 7.41. The molecular formula is C25H22N4O3. The van der Waals surface area contributed by atoms with E-state index in [0.717, 1.165) is 5.56 Å². The zero-order chi connectivity index (χ0) is 22.5. The van der Waals surface area contributed by atoms with Crippen molar-refractivity contribution in [3.63, 3.8) is 0 Å². The van der Waals surface area contributed by atoms with Gasteiger partial charge in [-0.25, -0.2) is 10.1 Å². The lowest BCUT2D eigenvalue weighted by Crippen LogP contribution is -2.23. The number of methoxy groups -OCH3 is 1. The van der Waals surface area contributed by atoms with Gasteiger partial charge in [-0.3, -0.25) is 14.7 Å². The van der Waals surface area contributed by atoms with E-state index in [1.54, 1.807) is 62.6 Å². The summed E-state index contributed by atoms with van der Waals surface area (Å²) in [6, 6.07) is 25.4. The molecule has 1 aromatic heterocycles. The summed E-state index contributed by atoms with van der Waals surface area (Å²) in [6.45, 7) is 1.70. The number of ether oxygens (including phenoxy) is 1. The lowest BCUT2D eigenvalue weighted by molar-refractivity contribution is 0.0955. The molecule has 7 heteroatoms. The van der Waals surface area contributed by atoms with Gasteiger partial charge in [-0.15, -0.1) is 0 Å². The number of nitrogens with one attached hydrogen (secondary N) is 2. The van der Waals surface area contributed by atoms with Gasteiger partial charge in [-0.1, -0.05) is 48.5 Å². The van der Waals surface area contributed by atoms with Crippen molar-refractivity contribution < 1.29 is 9.53 Å². The third-order valence-electron chi connectivity index (χ3n) is 5.01. The second-order valence-electron chi connectivity index (χ2n) is 7.07. The van der Waals surface area contributed by atoms with Crippen molar-refractivity contribution in [3.05, 3.63) is 106 Å². The SMILES string of the molecule is COc1ccc(-n2[nH]c(-c3ccccc3)c(/C(C)=N/NC(=O)c3ccccc3)c2=O)cc1. The van der Waals surface area contributed by atoms with Crippen molar-refractivity contribution in [2.24, 2.45) is 5.10 Å². The molecule has 0 spiro atoms. The summed E-state index contributed by atoms with van der Waals surface area (Å²) in [6.07, 6.45) is 0. The second-order valence-corrected chi connectivity index (χ2v) is 7.07. The molecule has 0 saturated heterocycles. The number of aromatic nitrogens is 2. The highest BCUT2D eigenvalue weighted by molar-refractivity contribution is 6.04. The van der Waals surface area contributed by atoms with E-state index in [-0.39, 0.29) is 11.5 Å². The van der Waals surface area contributed by atoms with Crippen LogP contribution in [0.15, 0.2) is 94.8 Å². The van der Waals surface area contributed by atoms with Gasteiger partial charge in [0.1, 0.15) is 5.75 Å². The van der Waals surface area contributed by atoms with Crippen LogP contribution in [0.2, 0.25) is 0 Å². The van der Waals surface area contributed by atoms with E-state index in [0.29, 0.717) is 34.0 Å². The van der Waals surface area contributed by atoms with Gasteiger partial charge in [0.25, 0.3) is 11.5 Å². The molecule has 1 heterocycles. The number of aromatic amines is 1. The second kappa shape index (κ2) is 9.18. The number of rotatable bonds is 6. The minimum absolute atomic E-state index is 0.274. The summed E-state index contributed by atoms with van der Waals surface area (Å²) >= 11 is 0. The molecule has 7 nitrogen and oxygen atoms in total.